The first-order chi connectivity index (χ1) is 9.05. The van der Waals surface area contributed by atoms with E-state index in [4.69, 9.17) is 0 Å². The summed E-state index contributed by atoms with van der Waals surface area (Å²) in [5.41, 5.74) is 2.68. The highest BCUT2D eigenvalue weighted by molar-refractivity contribution is 7.07. The lowest BCUT2D eigenvalue weighted by Gasteiger charge is -2.46. The third kappa shape index (κ3) is 3.15. The van der Waals surface area contributed by atoms with Gasteiger partial charge in [0.2, 0.25) is 0 Å². The van der Waals surface area contributed by atoms with Crippen LogP contribution in [-0.4, -0.2) is 33.5 Å². The van der Waals surface area contributed by atoms with Gasteiger partial charge in [-0.15, -0.1) is 11.3 Å². The van der Waals surface area contributed by atoms with E-state index in [-0.39, 0.29) is 18.0 Å². The summed E-state index contributed by atoms with van der Waals surface area (Å²) in [5, 5.41) is 11.3. The average Bonchev–Trinajstić information content (AvgIpc) is 2.91. The molecule has 1 aliphatic rings. The van der Waals surface area contributed by atoms with Crippen molar-refractivity contribution in [1.29, 1.82) is 0 Å². The van der Waals surface area contributed by atoms with Crippen LogP contribution in [0.25, 0.3) is 0 Å². The van der Waals surface area contributed by atoms with Crippen LogP contribution in [0.2, 0.25) is 0 Å². The van der Waals surface area contributed by atoms with E-state index in [9.17, 15) is 9.90 Å². The zero-order valence-corrected chi connectivity index (χ0v) is 12.4. The van der Waals surface area contributed by atoms with Gasteiger partial charge in [-0.25, -0.2) is 4.98 Å². The molecule has 0 bridgehead atoms. The molecule has 0 saturated heterocycles. The summed E-state index contributed by atoms with van der Waals surface area (Å²) in [6, 6.07) is 0.170. The van der Waals surface area contributed by atoms with E-state index >= 15 is 0 Å². The second-order valence-corrected chi connectivity index (χ2v) is 6.27. The lowest BCUT2D eigenvalue weighted by atomic mass is 9.77. The molecule has 1 atom stereocenters. The summed E-state index contributed by atoms with van der Waals surface area (Å²) < 4.78 is 0. The van der Waals surface area contributed by atoms with Crippen molar-refractivity contribution < 1.29 is 9.90 Å². The van der Waals surface area contributed by atoms with Crippen LogP contribution >= 0.6 is 11.3 Å². The Morgan fingerprint density at radius 2 is 2.21 bits per heavy atom. The molecule has 0 spiro atoms. The normalized spacial score (nSPS) is 20.4. The van der Waals surface area contributed by atoms with Crippen LogP contribution in [0, 0.1) is 0 Å². The molecule has 4 nitrogen and oxygen atoms in total. The molecule has 1 N–H and O–H groups in total. The Morgan fingerprint density at radius 3 is 2.74 bits per heavy atom. The third-order valence-electron chi connectivity index (χ3n) is 4.47. The standard InChI is InChI=1S/C14H22N2O2S/c1-11(12-9-19-10-15-12)16(2)14(8-13(17)18)6-4-3-5-7-14/h9-11H,3-8H2,1-2H3,(H,17,18). The number of carboxylic acids is 1. The maximum Gasteiger partial charge on any atom is 0.305 e. The molecule has 1 aromatic rings. The monoisotopic (exact) mass is 282 g/mol. The number of rotatable bonds is 5. The smallest absolute Gasteiger partial charge is 0.305 e. The second-order valence-electron chi connectivity index (χ2n) is 5.56. The number of nitrogens with zero attached hydrogens (tertiary/aromatic N) is 2. The molecule has 106 valence electrons. The van der Waals surface area contributed by atoms with Crippen molar-refractivity contribution in [3.63, 3.8) is 0 Å². The molecule has 2 rings (SSSR count). The Hall–Kier alpha value is -0.940. The van der Waals surface area contributed by atoms with Gasteiger partial charge in [-0.2, -0.15) is 0 Å². The van der Waals surface area contributed by atoms with Gasteiger partial charge in [0.25, 0.3) is 0 Å². The molecule has 1 heterocycles. The van der Waals surface area contributed by atoms with E-state index in [2.05, 4.69) is 29.2 Å². The van der Waals surface area contributed by atoms with Crippen molar-refractivity contribution in [3.05, 3.63) is 16.6 Å². The zero-order valence-electron chi connectivity index (χ0n) is 11.6. The van der Waals surface area contributed by atoms with Gasteiger partial charge in [0.05, 0.1) is 23.7 Å². The third-order valence-corrected chi connectivity index (χ3v) is 5.08. The Balaban J connectivity index is 2.19. The van der Waals surface area contributed by atoms with Gasteiger partial charge in [-0.1, -0.05) is 19.3 Å². The summed E-state index contributed by atoms with van der Waals surface area (Å²) in [4.78, 5) is 17.9. The van der Waals surface area contributed by atoms with E-state index in [1.165, 1.54) is 6.42 Å². The number of thiazole rings is 1. The number of aliphatic carboxylic acids is 1. The second kappa shape index (κ2) is 6.01. The fourth-order valence-electron chi connectivity index (χ4n) is 3.18. The fourth-order valence-corrected chi connectivity index (χ4v) is 3.82. The minimum Gasteiger partial charge on any atom is -0.481 e. The van der Waals surface area contributed by atoms with Crippen LogP contribution < -0.4 is 0 Å². The van der Waals surface area contributed by atoms with Crippen molar-refractivity contribution in [2.75, 3.05) is 7.05 Å². The summed E-state index contributed by atoms with van der Waals surface area (Å²) in [5.74, 6) is -0.695. The maximum atomic E-state index is 11.2. The van der Waals surface area contributed by atoms with Gasteiger partial charge < -0.3 is 5.11 Å². The molecule has 1 unspecified atom stereocenters. The highest BCUT2D eigenvalue weighted by Gasteiger charge is 2.40. The van der Waals surface area contributed by atoms with Gasteiger partial charge in [0, 0.05) is 10.9 Å². The zero-order chi connectivity index (χ0) is 13.9. The minimum absolute atomic E-state index is 0.170. The predicted molar refractivity (Wildman–Crippen MR) is 76.4 cm³/mol. The quantitative estimate of drug-likeness (QED) is 0.900. The molecule has 0 amide bonds. The van der Waals surface area contributed by atoms with Gasteiger partial charge in [-0.3, -0.25) is 9.69 Å². The van der Waals surface area contributed by atoms with Gasteiger partial charge in [0.15, 0.2) is 0 Å². The first-order valence-electron chi connectivity index (χ1n) is 6.88. The lowest BCUT2D eigenvalue weighted by Crippen LogP contribution is -2.50. The summed E-state index contributed by atoms with van der Waals surface area (Å²) in [6.07, 6.45) is 5.66. The molecular weight excluding hydrogens is 260 g/mol. The Labute approximate surface area is 118 Å². The Kier molecular flexibility index (Phi) is 4.58. The summed E-state index contributed by atoms with van der Waals surface area (Å²) >= 11 is 1.59. The average molecular weight is 282 g/mol. The number of hydrogen-bond donors (Lipinski definition) is 1. The van der Waals surface area contributed by atoms with E-state index < -0.39 is 5.97 Å². The largest absolute Gasteiger partial charge is 0.481 e. The number of carboxylic acid groups (broad SMARTS) is 1. The number of aromatic nitrogens is 1. The van der Waals surface area contributed by atoms with Crippen LogP contribution in [0.3, 0.4) is 0 Å². The van der Waals surface area contributed by atoms with Gasteiger partial charge in [-0.05, 0) is 26.8 Å². The maximum absolute atomic E-state index is 11.2. The molecule has 1 aromatic heterocycles. The molecule has 0 aliphatic heterocycles. The fraction of sp³-hybridized carbons (Fsp3) is 0.714. The van der Waals surface area contributed by atoms with Crippen molar-refractivity contribution in [2.45, 2.75) is 57.0 Å². The van der Waals surface area contributed by atoms with E-state index in [0.29, 0.717) is 0 Å². The minimum atomic E-state index is -0.695. The first-order valence-corrected chi connectivity index (χ1v) is 7.82. The Bertz CT molecular complexity index is 413. The van der Waals surface area contributed by atoms with Crippen LogP contribution in [-0.2, 0) is 4.79 Å². The molecule has 1 aliphatic carbocycles. The molecule has 19 heavy (non-hydrogen) atoms. The van der Waals surface area contributed by atoms with Crippen molar-refractivity contribution in [2.24, 2.45) is 0 Å². The SMILES string of the molecule is CC(c1cscn1)N(C)C1(CC(=O)O)CCCCC1. The summed E-state index contributed by atoms with van der Waals surface area (Å²) in [6.45, 7) is 2.12. The van der Waals surface area contributed by atoms with Crippen molar-refractivity contribution in [3.8, 4) is 0 Å². The highest BCUT2D eigenvalue weighted by atomic mass is 32.1. The van der Waals surface area contributed by atoms with Gasteiger partial charge in [0.1, 0.15) is 0 Å². The molecule has 0 radical (unpaired) electrons. The molecule has 1 saturated carbocycles. The van der Waals surface area contributed by atoms with Crippen LogP contribution in [0.15, 0.2) is 10.9 Å². The molecule has 0 aromatic carbocycles. The first kappa shape index (κ1) is 14.5. The predicted octanol–water partition coefficient (Wildman–Crippen LogP) is 3.31. The lowest BCUT2D eigenvalue weighted by molar-refractivity contribution is -0.141. The van der Waals surface area contributed by atoms with Gasteiger partial charge >= 0.3 is 5.97 Å². The van der Waals surface area contributed by atoms with Crippen LogP contribution in [0.4, 0.5) is 0 Å². The Morgan fingerprint density at radius 1 is 1.53 bits per heavy atom. The number of hydrogen-bond acceptors (Lipinski definition) is 4. The summed E-state index contributed by atoms with van der Waals surface area (Å²) in [7, 11) is 2.05. The van der Waals surface area contributed by atoms with Crippen LogP contribution in [0.1, 0.15) is 57.2 Å². The molecule has 1 fully saturated rings. The highest BCUT2D eigenvalue weighted by Crippen LogP contribution is 2.39. The topological polar surface area (TPSA) is 53.4 Å². The number of carbonyl (C=O) groups is 1. The molecule has 5 heteroatoms. The van der Waals surface area contributed by atoms with E-state index in [0.717, 1.165) is 31.4 Å². The van der Waals surface area contributed by atoms with Crippen molar-refractivity contribution in [1.82, 2.24) is 9.88 Å². The van der Waals surface area contributed by atoms with E-state index in [1.807, 2.05) is 5.51 Å². The molecular formula is C14H22N2O2S. The van der Waals surface area contributed by atoms with Crippen molar-refractivity contribution >= 4 is 17.3 Å². The van der Waals surface area contributed by atoms with E-state index in [1.54, 1.807) is 11.3 Å². The van der Waals surface area contributed by atoms with Crippen LogP contribution in [0.5, 0.6) is 0 Å².